The van der Waals surface area contributed by atoms with E-state index in [2.05, 4.69) is 15.6 Å². The van der Waals surface area contributed by atoms with Gasteiger partial charge in [0.1, 0.15) is 5.82 Å². The Balaban J connectivity index is 2.30. The molecule has 0 bridgehead atoms. The lowest BCUT2D eigenvalue weighted by Crippen LogP contribution is -2.29. The highest BCUT2D eigenvalue weighted by Crippen LogP contribution is 2.17. The number of hydrogen-bond donors (Lipinski definition) is 3. The van der Waals surface area contributed by atoms with E-state index in [1.807, 2.05) is 26.8 Å². The molecule has 100 valence electrons. The summed E-state index contributed by atoms with van der Waals surface area (Å²) < 4.78 is 0. The number of aromatic nitrogens is 1. The summed E-state index contributed by atoms with van der Waals surface area (Å²) >= 11 is 0. The van der Waals surface area contributed by atoms with Crippen LogP contribution < -0.4 is 16.4 Å². The molecule has 0 saturated heterocycles. The van der Waals surface area contributed by atoms with Crippen LogP contribution in [-0.4, -0.2) is 24.0 Å². The van der Waals surface area contributed by atoms with Gasteiger partial charge >= 0.3 is 0 Å². The Morgan fingerprint density at radius 2 is 2.17 bits per heavy atom. The van der Waals surface area contributed by atoms with Gasteiger partial charge in [-0.25, -0.2) is 4.98 Å². The molecule has 0 atom stereocenters. The Morgan fingerprint density at radius 3 is 2.83 bits per heavy atom. The first-order valence-electron chi connectivity index (χ1n) is 6.22. The molecule has 1 amide bonds. The van der Waals surface area contributed by atoms with E-state index in [9.17, 15) is 4.79 Å². The molecule has 5 heteroatoms. The zero-order chi connectivity index (χ0) is 13.5. The van der Waals surface area contributed by atoms with Gasteiger partial charge in [0.2, 0.25) is 5.91 Å². The van der Waals surface area contributed by atoms with Crippen molar-refractivity contribution in [2.24, 2.45) is 5.92 Å². The van der Waals surface area contributed by atoms with Gasteiger partial charge in [0.25, 0.3) is 0 Å². The van der Waals surface area contributed by atoms with Gasteiger partial charge in [-0.05, 0) is 24.5 Å². The number of nitrogens with two attached hydrogens (primary N) is 1. The van der Waals surface area contributed by atoms with Crippen LogP contribution in [0.25, 0.3) is 0 Å². The lowest BCUT2D eigenvalue weighted by Gasteiger charge is -2.11. The van der Waals surface area contributed by atoms with Gasteiger partial charge in [0, 0.05) is 25.7 Å². The van der Waals surface area contributed by atoms with Gasteiger partial charge in [0.05, 0.1) is 5.69 Å². The minimum atomic E-state index is 0.0805. The van der Waals surface area contributed by atoms with Crippen LogP contribution in [0.3, 0.4) is 0 Å². The normalized spacial score (nSPS) is 10.4. The highest BCUT2D eigenvalue weighted by molar-refractivity contribution is 5.76. The molecule has 1 aromatic rings. The first-order valence-corrected chi connectivity index (χ1v) is 6.22. The van der Waals surface area contributed by atoms with Crippen molar-refractivity contribution in [3.05, 3.63) is 17.8 Å². The summed E-state index contributed by atoms with van der Waals surface area (Å²) in [5, 5.41) is 5.96. The van der Waals surface area contributed by atoms with E-state index < -0.39 is 0 Å². The summed E-state index contributed by atoms with van der Waals surface area (Å²) in [5.41, 5.74) is 7.53. The fourth-order valence-electron chi connectivity index (χ4n) is 1.54. The SMILES string of the molecule is Cc1ccnc(NCCNC(=O)CC(C)C)c1N. The highest BCUT2D eigenvalue weighted by Gasteiger charge is 2.04. The van der Waals surface area contributed by atoms with Crippen LogP contribution in [0.4, 0.5) is 11.5 Å². The Bertz CT molecular complexity index is 404. The summed E-state index contributed by atoms with van der Waals surface area (Å²) in [4.78, 5) is 15.6. The molecule has 4 N–H and O–H groups in total. The zero-order valence-corrected chi connectivity index (χ0v) is 11.3. The monoisotopic (exact) mass is 250 g/mol. The maximum absolute atomic E-state index is 11.4. The van der Waals surface area contributed by atoms with E-state index in [1.54, 1.807) is 6.20 Å². The van der Waals surface area contributed by atoms with Gasteiger partial charge in [-0.2, -0.15) is 0 Å². The van der Waals surface area contributed by atoms with E-state index >= 15 is 0 Å². The summed E-state index contributed by atoms with van der Waals surface area (Å²) in [7, 11) is 0. The van der Waals surface area contributed by atoms with Crippen LogP contribution >= 0.6 is 0 Å². The standard InChI is InChI=1S/C13H22N4O/c1-9(2)8-11(18)15-6-7-17-13-12(14)10(3)4-5-16-13/h4-5,9H,6-8,14H2,1-3H3,(H,15,18)(H,16,17). The molecule has 0 spiro atoms. The molecule has 1 heterocycles. The fourth-order valence-corrected chi connectivity index (χ4v) is 1.54. The topological polar surface area (TPSA) is 80.0 Å². The predicted octanol–water partition coefficient (Wildman–Crippen LogP) is 1.55. The van der Waals surface area contributed by atoms with Crippen LogP contribution in [0, 0.1) is 12.8 Å². The third kappa shape index (κ3) is 4.61. The molecule has 18 heavy (non-hydrogen) atoms. The molecule has 0 fully saturated rings. The Morgan fingerprint density at radius 1 is 1.44 bits per heavy atom. The lowest BCUT2D eigenvalue weighted by atomic mass is 10.1. The molecular formula is C13H22N4O. The first-order chi connectivity index (χ1) is 8.50. The quantitative estimate of drug-likeness (QED) is 0.669. The first kappa shape index (κ1) is 14.3. The van der Waals surface area contributed by atoms with Gasteiger partial charge in [-0.15, -0.1) is 0 Å². The minimum Gasteiger partial charge on any atom is -0.396 e. The van der Waals surface area contributed by atoms with Crippen molar-refractivity contribution in [2.75, 3.05) is 24.1 Å². The number of nitrogens with zero attached hydrogens (tertiary/aromatic N) is 1. The molecule has 0 saturated carbocycles. The van der Waals surface area contributed by atoms with Gasteiger partial charge < -0.3 is 16.4 Å². The number of pyridine rings is 1. The van der Waals surface area contributed by atoms with E-state index in [-0.39, 0.29) is 5.91 Å². The lowest BCUT2D eigenvalue weighted by molar-refractivity contribution is -0.121. The third-order valence-electron chi connectivity index (χ3n) is 2.54. The van der Waals surface area contributed by atoms with Crippen molar-refractivity contribution < 1.29 is 4.79 Å². The Kier molecular flexibility index (Phi) is 5.42. The number of aryl methyl sites for hydroxylation is 1. The van der Waals surface area contributed by atoms with Crippen molar-refractivity contribution in [2.45, 2.75) is 27.2 Å². The molecule has 0 aliphatic rings. The molecule has 1 aromatic heterocycles. The zero-order valence-electron chi connectivity index (χ0n) is 11.3. The number of rotatable bonds is 6. The second-order valence-electron chi connectivity index (χ2n) is 4.76. The van der Waals surface area contributed by atoms with Crippen LogP contribution in [-0.2, 0) is 4.79 Å². The average molecular weight is 250 g/mol. The largest absolute Gasteiger partial charge is 0.396 e. The molecule has 0 aliphatic carbocycles. The van der Waals surface area contributed by atoms with Crippen molar-refractivity contribution in [3.8, 4) is 0 Å². The maximum atomic E-state index is 11.4. The van der Waals surface area contributed by atoms with E-state index in [0.29, 0.717) is 36.9 Å². The summed E-state index contributed by atoms with van der Waals surface area (Å²) in [6, 6.07) is 1.87. The van der Waals surface area contributed by atoms with Gasteiger partial charge in [0.15, 0.2) is 0 Å². The number of nitrogens with one attached hydrogen (secondary N) is 2. The van der Waals surface area contributed by atoms with E-state index in [0.717, 1.165) is 5.56 Å². The van der Waals surface area contributed by atoms with Gasteiger partial charge in [-0.1, -0.05) is 13.8 Å². The van der Waals surface area contributed by atoms with Crippen LogP contribution in [0.1, 0.15) is 25.8 Å². The van der Waals surface area contributed by atoms with Crippen molar-refractivity contribution in [1.29, 1.82) is 0 Å². The third-order valence-corrected chi connectivity index (χ3v) is 2.54. The number of hydrogen-bond acceptors (Lipinski definition) is 4. The van der Waals surface area contributed by atoms with Crippen molar-refractivity contribution in [1.82, 2.24) is 10.3 Å². The number of amides is 1. The Hall–Kier alpha value is -1.78. The molecule has 5 nitrogen and oxygen atoms in total. The average Bonchev–Trinajstić information content (AvgIpc) is 2.29. The number of nitrogen functional groups attached to an aromatic ring is 1. The fraction of sp³-hybridized carbons (Fsp3) is 0.538. The second-order valence-corrected chi connectivity index (χ2v) is 4.76. The highest BCUT2D eigenvalue weighted by atomic mass is 16.1. The van der Waals surface area contributed by atoms with E-state index in [1.165, 1.54) is 0 Å². The molecule has 0 aromatic carbocycles. The van der Waals surface area contributed by atoms with Crippen molar-refractivity contribution >= 4 is 17.4 Å². The maximum Gasteiger partial charge on any atom is 0.220 e. The molecular weight excluding hydrogens is 228 g/mol. The van der Waals surface area contributed by atoms with Crippen molar-refractivity contribution in [3.63, 3.8) is 0 Å². The molecule has 0 radical (unpaired) electrons. The Labute approximate surface area is 108 Å². The van der Waals surface area contributed by atoms with E-state index in [4.69, 9.17) is 5.73 Å². The van der Waals surface area contributed by atoms with Crippen LogP contribution in [0.5, 0.6) is 0 Å². The molecule has 0 aliphatic heterocycles. The number of carbonyl (C=O) groups excluding carboxylic acids is 1. The molecule has 0 unspecified atom stereocenters. The smallest absolute Gasteiger partial charge is 0.220 e. The summed E-state index contributed by atoms with van der Waals surface area (Å²) in [6.45, 7) is 7.17. The van der Waals surface area contributed by atoms with Crippen LogP contribution in [0.15, 0.2) is 12.3 Å². The number of anilines is 2. The summed E-state index contributed by atoms with van der Waals surface area (Å²) in [5.74, 6) is 1.14. The molecule has 1 rings (SSSR count). The van der Waals surface area contributed by atoms with Gasteiger partial charge in [-0.3, -0.25) is 4.79 Å². The number of carbonyl (C=O) groups is 1. The minimum absolute atomic E-state index is 0.0805. The second kappa shape index (κ2) is 6.83. The summed E-state index contributed by atoms with van der Waals surface area (Å²) in [6.07, 6.45) is 2.27. The van der Waals surface area contributed by atoms with Crippen LogP contribution in [0.2, 0.25) is 0 Å². The predicted molar refractivity (Wildman–Crippen MR) is 74.3 cm³/mol.